The summed E-state index contributed by atoms with van der Waals surface area (Å²) in [5.41, 5.74) is 3.80. The molecule has 0 unspecified atom stereocenters. The van der Waals surface area contributed by atoms with Gasteiger partial charge in [0.1, 0.15) is 0 Å². The van der Waals surface area contributed by atoms with Gasteiger partial charge in [-0.3, -0.25) is 0 Å². The first-order valence-corrected chi connectivity index (χ1v) is 9.35. The molecule has 0 radical (unpaired) electrons. The minimum Gasteiger partial charge on any atom is -0.128 e. The molecule has 3 rings (SSSR count). The van der Waals surface area contributed by atoms with Gasteiger partial charge in [-0.1, -0.05) is 61.4 Å². The minimum absolute atomic E-state index is 0.704. The van der Waals surface area contributed by atoms with E-state index in [4.69, 9.17) is 0 Å². The number of thioether (sulfide) groups is 1. The second-order valence-corrected chi connectivity index (χ2v) is 6.72. The molecule has 0 spiro atoms. The van der Waals surface area contributed by atoms with Crippen molar-refractivity contribution in [2.45, 2.75) is 42.9 Å². The molecule has 0 saturated heterocycles. The van der Waals surface area contributed by atoms with Crippen LogP contribution in [0.25, 0.3) is 0 Å². The van der Waals surface area contributed by atoms with Crippen LogP contribution >= 0.6 is 11.8 Å². The van der Waals surface area contributed by atoms with Crippen molar-refractivity contribution in [3.63, 3.8) is 0 Å². The Morgan fingerprint density at radius 2 is 1.45 bits per heavy atom. The summed E-state index contributed by atoms with van der Waals surface area (Å²) in [4.78, 5) is 1.25. The highest BCUT2D eigenvalue weighted by Gasteiger charge is 2.17. The van der Waals surface area contributed by atoms with E-state index in [-0.39, 0.29) is 0 Å². The standard InChI is InChI=1S/C21H22S/c1-22-21-14-8-6-12-19(21)16-15-18-11-5-7-13-20(18)17-9-3-2-4-10-17/h5-8,11-14,17H,2-4,9-10H2,1H3. The van der Waals surface area contributed by atoms with E-state index in [2.05, 4.69) is 66.6 Å². The first-order valence-electron chi connectivity index (χ1n) is 8.12. The van der Waals surface area contributed by atoms with Gasteiger partial charge in [-0.15, -0.1) is 11.8 Å². The van der Waals surface area contributed by atoms with Crippen molar-refractivity contribution in [3.8, 4) is 11.8 Å². The van der Waals surface area contributed by atoms with Crippen molar-refractivity contribution < 1.29 is 0 Å². The van der Waals surface area contributed by atoms with Gasteiger partial charge in [0.15, 0.2) is 0 Å². The highest BCUT2D eigenvalue weighted by Crippen LogP contribution is 2.34. The molecule has 1 saturated carbocycles. The Balaban J connectivity index is 1.91. The van der Waals surface area contributed by atoms with Gasteiger partial charge >= 0.3 is 0 Å². The van der Waals surface area contributed by atoms with Gasteiger partial charge in [0.25, 0.3) is 0 Å². The topological polar surface area (TPSA) is 0 Å². The second kappa shape index (κ2) is 7.56. The average molecular weight is 306 g/mol. The zero-order chi connectivity index (χ0) is 15.2. The van der Waals surface area contributed by atoms with Gasteiger partial charge in [0.05, 0.1) is 0 Å². The molecule has 1 aliphatic rings. The lowest BCUT2D eigenvalue weighted by Gasteiger charge is -2.23. The second-order valence-electron chi connectivity index (χ2n) is 5.87. The Labute approximate surface area is 138 Å². The molecule has 2 aromatic rings. The van der Waals surface area contributed by atoms with E-state index in [1.54, 1.807) is 11.8 Å². The highest BCUT2D eigenvalue weighted by molar-refractivity contribution is 7.98. The van der Waals surface area contributed by atoms with Crippen LogP contribution in [0.4, 0.5) is 0 Å². The summed E-state index contributed by atoms with van der Waals surface area (Å²) in [6.07, 6.45) is 8.87. The predicted molar refractivity (Wildman–Crippen MR) is 96.5 cm³/mol. The number of hydrogen-bond acceptors (Lipinski definition) is 1. The Kier molecular flexibility index (Phi) is 5.24. The molecule has 0 aromatic heterocycles. The Bertz CT molecular complexity index is 684. The zero-order valence-corrected chi connectivity index (χ0v) is 14.0. The molecule has 2 aromatic carbocycles. The smallest absolute Gasteiger partial charge is 0.0384 e. The van der Waals surface area contributed by atoms with Crippen LogP contribution < -0.4 is 0 Å². The van der Waals surface area contributed by atoms with Crippen molar-refractivity contribution >= 4 is 11.8 Å². The lowest BCUT2D eigenvalue weighted by Crippen LogP contribution is -2.06. The van der Waals surface area contributed by atoms with Gasteiger partial charge in [-0.05, 0) is 48.8 Å². The van der Waals surface area contributed by atoms with Crippen LogP contribution in [0.15, 0.2) is 53.4 Å². The van der Waals surface area contributed by atoms with E-state index in [0.717, 1.165) is 5.56 Å². The summed E-state index contributed by atoms with van der Waals surface area (Å²) >= 11 is 1.76. The number of benzene rings is 2. The summed E-state index contributed by atoms with van der Waals surface area (Å²) in [7, 11) is 0. The fourth-order valence-electron chi connectivity index (χ4n) is 3.26. The predicted octanol–water partition coefficient (Wildman–Crippen LogP) is 5.86. The molecule has 22 heavy (non-hydrogen) atoms. The number of rotatable bonds is 2. The van der Waals surface area contributed by atoms with Crippen LogP contribution in [0.2, 0.25) is 0 Å². The van der Waals surface area contributed by atoms with E-state index in [1.807, 2.05) is 0 Å². The third-order valence-electron chi connectivity index (χ3n) is 4.44. The summed E-state index contributed by atoms with van der Waals surface area (Å²) in [6.45, 7) is 0. The average Bonchev–Trinajstić information content (AvgIpc) is 2.61. The quantitative estimate of drug-likeness (QED) is 0.495. The first kappa shape index (κ1) is 15.3. The first-order chi connectivity index (χ1) is 10.9. The van der Waals surface area contributed by atoms with Crippen LogP contribution in [0.3, 0.4) is 0 Å². The lowest BCUT2D eigenvalue weighted by atomic mass is 9.82. The Morgan fingerprint density at radius 3 is 2.23 bits per heavy atom. The molecule has 0 amide bonds. The minimum atomic E-state index is 0.704. The van der Waals surface area contributed by atoms with Crippen LogP contribution in [-0.2, 0) is 0 Å². The van der Waals surface area contributed by atoms with Crippen molar-refractivity contribution in [1.82, 2.24) is 0 Å². The maximum Gasteiger partial charge on any atom is 0.0384 e. The molecule has 0 N–H and O–H groups in total. The van der Waals surface area contributed by atoms with Crippen molar-refractivity contribution in [1.29, 1.82) is 0 Å². The van der Waals surface area contributed by atoms with Gasteiger partial charge < -0.3 is 0 Å². The summed E-state index contributed by atoms with van der Waals surface area (Å²) in [6, 6.07) is 17.1. The van der Waals surface area contributed by atoms with Crippen LogP contribution in [0.1, 0.15) is 54.7 Å². The summed E-state index contributed by atoms with van der Waals surface area (Å²) < 4.78 is 0. The fourth-order valence-corrected chi connectivity index (χ4v) is 3.82. The number of hydrogen-bond donors (Lipinski definition) is 0. The molecular weight excluding hydrogens is 284 g/mol. The lowest BCUT2D eigenvalue weighted by molar-refractivity contribution is 0.443. The molecule has 112 valence electrons. The maximum atomic E-state index is 3.44. The highest BCUT2D eigenvalue weighted by atomic mass is 32.2. The molecule has 1 heteroatoms. The Morgan fingerprint density at radius 1 is 0.818 bits per heavy atom. The summed E-state index contributed by atoms with van der Waals surface area (Å²) in [5, 5.41) is 0. The van der Waals surface area contributed by atoms with E-state index in [9.17, 15) is 0 Å². The molecule has 1 fully saturated rings. The largest absolute Gasteiger partial charge is 0.128 e. The van der Waals surface area contributed by atoms with Crippen molar-refractivity contribution in [3.05, 3.63) is 65.2 Å². The van der Waals surface area contributed by atoms with Crippen LogP contribution in [0, 0.1) is 11.8 Å². The summed E-state index contributed by atoms with van der Waals surface area (Å²) in [5.74, 6) is 7.53. The van der Waals surface area contributed by atoms with Gasteiger partial charge in [0, 0.05) is 16.0 Å². The SMILES string of the molecule is CSc1ccccc1C#Cc1ccccc1C1CCCCC1. The van der Waals surface area contributed by atoms with Gasteiger partial charge in [-0.2, -0.15) is 0 Å². The molecule has 0 nitrogen and oxygen atoms in total. The fraction of sp³-hybridized carbons (Fsp3) is 0.333. The van der Waals surface area contributed by atoms with Gasteiger partial charge in [-0.25, -0.2) is 0 Å². The van der Waals surface area contributed by atoms with Crippen molar-refractivity contribution in [2.24, 2.45) is 0 Å². The molecule has 0 bridgehead atoms. The molecule has 0 atom stereocenters. The van der Waals surface area contributed by atoms with E-state index < -0.39 is 0 Å². The third-order valence-corrected chi connectivity index (χ3v) is 5.24. The monoisotopic (exact) mass is 306 g/mol. The third kappa shape index (κ3) is 3.57. The van der Waals surface area contributed by atoms with Crippen LogP contribution in [-0.4, -0.2) is 6.26 Å². The molecule has 0 heterocycles. The Hall–Kier alpha value is -1.65. The van der Waals surface area contributed by atoms with E-state index >= 15 is 0 Å². The van der Waals surface area contributed by atoms with E-state index in [1.165, 1.54) is 48.1 Å². The molecule has 1 aliphatic carbocycles. The van der Waals surface area contributed by atoms with Crippen molar-refractivity contribution in [2.75, 3.05) is 6.26 Å². The molecular formula is C21H22S. The maximum absolute atomic E-state index is 3.44. The zero-order valence-electron chi connectivity index (χ0n) is 13.1. The normalized spacial score (nSPS) is 15.1. The van der Waals surface area contributed by atoms with Gasteiger partial charge in [0.2, 0.25) is 0 Å². The molecule has 0 aliphatic heterocycles. The van der Waals surface area contributed by atoms with Crippen LogP contribution in [0.5, 0.6) is 0 Å². The van der Waals surface area contributed by atoms with E-state index in [0.29, 0.717) is 5.92 Å².